The molecule has 1 heterocycles. The summed E-state index contributed by atoms with van der Waals surface area (Å²) in [5, 5.41) is 12.0. The summed E-state index contributed by atoms with van der Waals surface area (Å²) in [4.78, 5) is 39.3. The summed E-state index contributed by atoms with van der Waals surface area (Å²) >= 11 is 0. The molecule has 4 rings (SSSR count). The molecule has 0 saturated carbocycles. The minimum atomic E-state index is -1.05. The summed E-state index contributed by atoms with van der Waals surface area (Å²) in [6, 6.07) is 16.4. The lowest BCUT2D eigenvalue weighted by molar-refractivity contribution is -0.144. The second kappa shape index (κ2) is 11.2. The second-order valence-electron chi connectivity index (χ2n) is 8.98. The van der Waals surface area contributed by atoms with Crippen LogP contribution >= 0.6 is 0 Å². The number of carbonyl (C=O) groups excluding carboxylic acids is 2. The molecule has 8 heteroatoms. The quantitative estimate of drug-likeness (QED) is 0.539. The number of benzene rings is 2. The van der Waals surface area contributed by atoms with Gasteiger partial charge in [-0.15, -0.1) is 6.58 Å². The topological polar surface area (TPSA) is 99.2 Å². The van der Waals surface area contributed by atoms with Gasteiger partial charge in [0.1, 0.15) is 13.2 Å². The third-order valence-corrected chi connectivity index (χ3v) is 6.64. The molecule has 8 nitrogen and oxygen atoms in total. The van der Waals surface area contributed by atoms with Crippen molar-refractivity contribution >= 4 is 18.0 Å². The second-order valence-corrected chi connectivity index (χ2v) is 8.98. The van der Waals surface area contributed by atoms with Gasteiger partial charge in [0.15, 0.2) is 0 Å². The maximum Gasteiger partial charge on any atom is 0.407 e. The monoisotopic (exact) mass is 477 g/mol. The Hall–Kier alpha value is -3.65. The SMILES string of the molecule is C=CCN(CC(=O)O)C(=O)CN1CCC(NC(=O)OCC2c3ccccc3-c3ccccc32)CC1. The van der Waals surface area contributed by atoms with Gasteiger partial charge in [-0.2, -0.15) is 0 Å². The lowest BCUT2D eigenvalue weighted by atomic mass is 9.98. The maximum absolute atomic E-state index is 12.5. The lowest BCUT2D eigenvalue weighted by Crippen LogP contribution is -2.48. The molecule has 1 fully saturated rings. The Morgan fingerprint density at radius 1 is 1.06 bits per heavy atom. The number of carboxylic acid groups (broad SMARTS) is 1. The zero-order valence-electron chi connectivity index (χ0n) is 19.7. The Morgan fingerprint density at radius 2 is 1.66 bits per heavy atom. The van der Waals surface area contributed by atoms with Crippen molar-refractivity contribution in [1.82, 2.24) is 15.1 Å². The van der Waals surface area contributed by atoms with Crippen LogP contribution in [0.4, 0.5) is 4.79 Å². The predicted octanol–water partition coefficient (Wildman–Crippen LogP) is 3.09. The summed E-state index contributed by atoms with van der Waals surface area (Å²) in [6.07, 6.45) is 2.47. The average molecular weight is 478 g/mol. The van der Waals surface area contributed by atoms with Crippen LogP contribution < -0.4 is 5.32 Å². The number of hydrogen-bond acceptors (Lipinski definition) is 5. The average Bonchev–Trinajstić information content (AvgIpc) is 3.17. The third kappa shape index (κ3) is 5.89. The summed E-state index contributed by atoms with van der Waals surface area (Å²) in [5.74, 6) is -1.27. The van der Waals surface area contributed by atoms with E-state index in [4.69, 9.17) is 9.84 Å². The van der Waals surface area contributed by atoms with Crippen LogP contribution in [0.1, 0.15) is 29.9 Å². The van der Waals surface area contributed by atoms with Gasteiger partial charge in [0, 0.05) is 31.6 Å². The summed E-state index contributed by atoms with van der Waals surface area (Å²) in [5.41, 5.74) is 4.73. The molecule has 2 aliphatic rings. The molecular formula is C27H31N3O5. The normalized spacial score (nSPS) is 15.7. The molecule has 1 saturated heterocycles. The highest BCUT2D eigenvalue weighted by Crippen LogP contribution is 2.44. The molecule has 0 unspecified atom stereocenters. The highest BCUT2D eigenvalue weighted by atomic mass is 16.5. The van der Waals surface area contributed by atoms with Crippen LogP contribution in [-0.4, -0.2) is 78.2 Å². The highest BCUT2D eigenvalue weighted by molar-refractivity contribution is 5.83. The maximum atomic E-state index is 12.5. The van der Waals surface area contributed by atoms with Crippen molar-refractivity contribution in [2.24, 2.45) is 0 Å². The molecule has 35 heavy (non-hydrogen) atoms. The number of amides is 2. The molecule has 1 aliphatic heterocycles. The fourth-order valence-electron chi connectivity index (χ4n) is 4.91. The van der Waals surface area contributed by atoms with E-state index in [-0.39, 0.29) is 44.1 Å². The number of rotatable bonds is 9. The zero-order chi connectivity index (χ0) is 24.8. The van der Waals surface area contributed by atoms with E-state index >= 15 is 0 Å². The summed E-state index contributed by atoms with van der Waals surface area (Å²) in [6.45, 7) is 5.13. The molecule has 2 amide bonds. The Labute approximate surface area is 205 Å². The Bertz CT molecular complexity index is 1050. The number of ether oxygens (including phenoxy) is 1. The Kier molecular flexibility index (Phi) is 7.82. The number of nitrogens with zero attached hydrogens (tertiary/aromatic N) is 2. The van der Waals surface area contributed by atoms with Crippen LogP contribution in [-0.2, 0) is 14.3 Å². The van der Waals surface area contributed by atoms with E-state index in [1.165, 1.54) is 33.2 Å². The number of likely N-dealkylation sites (tertiary alicyclic amines) is 1. The Morgan fingerprint density at radius 3 is 2.23 bits per heavy atom. The molecule has 184 valence electrons. The molecule has 2 N–H and O–H groups in total. The first-order valence-corrected chi connectivity index (χ1v) is 11.9. The fourth-order valence-corrected chi connectivity index (χ4v) is 4.91. The number of carboxylic acids is 1. The van der Waals surface area contributed by atoms with E-state index in [0.717, 1.165) is 0 Å². The zero-order valence-corrected chi connectivity index (χ0v) is 19.7. The van der Waals surface area contributed by atoms with Gasteiger partial charge >= 0.3 is 12.1 Å². The van der Waals surface area contributed by atoms with Crippen LogP contribution in [0.5, 0.6) is 0 Å². The summed E-state index contributed by atoms with van der Waals surface area (Å²) in [7, 11) is 0. The van der Waals surface area contributed by atoms with Gasteiger partial charge in [0.25, 0.3) is 0 Å². The lowest BCUT2D eigenvalue weighted by Gasteiger charge is -2.33. The third-order valence-electron chi connectivity index (χ3n) is 6.64. The van der Waals surface area contributed by atoms with Crippen molar-refractivity contribution < 1.29 is 24.2 Å². The largest absolute Gasteiger partial charge is 0.480 e. The number of hydrogen-bond donors (Lipinski definition) is 2. The standard InChI is InChI=1S/C27H31N3O5/c1-2-13-30(17-26(32)33)25(31)16-29-14-11-19(12-15-29)28-27(34)35-18-24-22-9-5-3-7-20(22)21-8-4-6-10-23(21)24/h2-10,19,24H,1,11-18H2,(H,28,34)(H,32,33). The molecule has 0 atom stereocenters. The number of nitrogens with one attached hydrogen (secondary N) is 1. The van der Waals surface area contributed by atoms with E-state index in [9.17, 15) is 14.4 Å². The smallest absolute Gasteiger partial charge is 0.407 e. The number of carbonyl (C=O) groups is 3. The highest BCUT2D eigenvalue weighted by Gasteiger charge is 2.30. The molecule has 1 aliphatic carbocycles. The first-order chi connectivity index (χ1) is 17.0. The number of piperidine rings is 1. The van der Waals surface area contributed by atoms with Gasteiger partial charge in [-0.3, -0.25) is 14.5 Å². The van der Waals surface area contributed by atoms with E-state index in [1.54, 1.807) is 0 Å². The van der Waals surface area contributed by atoms with Crippen molar-refractivity contribution in [2.75, 3.05) is 39.3 Å². The molecule has 2 aromatic rings. The Balaban J connectivity index is 1.24. The van der Waals surface area contributed by atoms with E-state index in [1.807, 2.05) is 29.2 Å². The van der Waals surface area contributed by atoms with Crippen molar-refractivity contribution in [1.29, 1.82) is 0 Å². The van der Waals surface area contributed by atoms with Crippen molar-refractivity contribution in [3.05, 3.63) is 72.3 Å². The minimum Gasteiger partial charge on any atom is -0.480 e. The molecule has 2 aromatic carbocycles. The fraction of sp³-hybridized carbons (Fsp3) is 0.370. The van der Waals surface area contributed by atoms with Crippen LogP contribution in [0, 0.1) is 0 Å². The predicted molar refractivity (Wildman–Crippen MR) is 132 cm³/mol. The van der Waals surface area contributed by atoms with Gasteiger partial charge in [-0.25, -0.2) is 4.79 Å². The molecular weight excluding hydrogens is 446 g/mol. The molecule has 0 spiro atoms. The number of aliphatic carboxylic acids is 1. The van der Waals surface area contributed by atoms with Crippen molar-refractivity contribution in [3.63, 3.8) is 0 Å². The number of fused-ring (bicyclic) bond motifs is 3. The van der Waals surface area contributed by atoms with Crippen LogP contribution in [0.15, 0.2) is 61.2 Å². The van der Waals surface area contributed by atoms with E-state index in [0.29, 0.717) is 25.9 Å². The molecule has 0 bridgehead atoms. The van der Waals surface area contributed by atoms with E-state index < -0.39 is 12.1 Å². The molecule has 0 aromatic heterocycles. The first kappa shape index (κ1) is 24.5. The van der Waals surface area contributed by atoms with Crippen LogP contribution in [0.3, 0.4) is 0 Å². The van der Waals surface area contributed by atoms with Gasteiger partial charge in [0.2, 0.25) is 5.91 Å². The van der Waals surface area contributed by atoms with Gasteiger partial charge in [0.05, 0.1) is 6.54 Å². The number of alkyl carbamates (subject to hydrolysis) is 1. The van der Waals surface area contributed by atoms with E-state index in [2.05, 4.69) is 36.2 Å². The van der Waals surface area contributed by atoms with Gasteiger partial charge < -0.3 is 20.1 Å². The minimum absolute atomic E-state index is 0.0188. The van der Waals surface area contributed by atoms with Crippen molar-refractivity contribution in [2.45, 2.75) is 24.8 Å². The van der Waals surface area contributed by atoms with Gasteiger partial charge in [-0.1, -0.05) is 54.6 Å². The van der Waals surface area contributed by atoms with Gasteiger partial charge in [-0.05, 0) is 35.1 Å². The van der Waals surface area contributed by atoms with Crippen molar-refractivity contribution in [3.8, 4) is 11.1 Å². The van der Waals surface area contributed by atoms with Crippen LogP contribution in [0.25, 0.3) is 11.1 Å². The summed E-state index contributed by atoms with van der Waals surface area (Å²) < 4.78 is 5.64. The first-order valence-electron chi connectivity index (χ1n) is 11.9. The molecule has 0 radical (unpaired) electrons. The van der Waals surface area contributed by atoms with Crippen LogP contribution in [0.2, 0.25) is 0 Å².